The summed E-state index contributed by atoms with van der Waals surface area (Å²) in [5.41, 5.74) is 2.24. The van der Waals surface area contributed by atoms with Gasteiger partial charge in [0.1, 0.15) is 11.3 Å². The minimum absolute atomic E-state index is 0.0337. The molecule has 154 valence electrons. The maximum atomic E-state index is 14.2. The number of amides is 1. The van der Waals surface area contributed by atoms with Crippen molar-refractivity contribution in [3.63, 3.8) is 0 Å². The van der Waals surface area contributed by atoms with Crippen LogP contribution < -0.4 is 4.90 Å². The molecular weight excluding hydrogens is 430 g/mol. The van der Waals surface area contributed by atoms with E-state index in [1.54, 1.807) is 28.9 Å². The summed E-state index contributed by atoms with van der Waals surface area (Å²) < 4.78 is 29.9. The second-order valence-electron chi connectivity index (χ2n) is 6.85. The second-order valence-corrected chi connectivity index (χ2v) is 8.29. The van der Waals surface area contributed by atoms with Crippen LogP contribution in [0.2, 0.25) is 5.02 Å². The minimum Gasteiger partial charge on any atom is -0.282 e. The molecule has 2 heterocycles. The maximum absolute atomic E-state index is 14.2. The third-order valence-electron chi connectivity index (χ3n) is 4.59. The minimum atomic E-state index is -0.763. The van der Waals surface area contributed by atoms with E-state index in [0.717, 1.165) is 28.8 Å². The second kappa shape index (κ2) is 8.12. The summed E-state index contributed by atoms with van der Waals surface area (Å²) in [6, 6.07) is 10.5. The fourth-order valence-electron chi connectivity index (χ4n) is 3.22. The molecule has 2 aromatic carbocycles. The normalized spacial score (nSPS) is 11.2. The van der Waals surface area contributed by atoms with Crippen LogP contribution in [-0.2, 0) is 6.54 Å². The van der Waals surface area contributed by atoms with E-state index in [2.05, 4.69) is 10.1 Å². The first kappa shape index (κ1) is 20.4. The van der Waals surface area contributed by atoms with Crippen molar-refractivity contribution in [1.29, 1.82) is 0 Å². The van der Waals surface area contributed by atoms with Gasteiger partial charge in [-0.15, -0.1) is 0 Å². The number of fused-ring (bicyclic) bond motifs is 1. The zero-order chi connectivity index (χ0) is 21.4. The first-order valence-corrected chi connectivity index (χ1v) is 10.4. The van der Waals surface area contributed by atoms with Gasteiger partial charge in [0.05, 0.1) is 16.9 Å². The number of thiazole rings is 1. The van der Waals surface area contributed by atoms with E-state index >= 15 is 0 Å². The summed E-state index contributed by atoms with van der Waals surface area (Å²) in [6.07, 6.45) is 0. The molecule has 4 aromatic rings. The van der Waals surface area contributed by atoms with E-state index in [1.165, 1.54) is 11.0 Å². The summed E-state index contributed by atoms with van der Waals surface area (Å²) in [5, 5.41) is 5.13. The summed E-state index contributed by atoms with van der Waals surface area (Å²) in [7, 11) is 0. The number of anilines is 1. The molecule has 1 amide bonds. The highest BCUT2D eigenvalue weighted by molar-refractivity contribution is 7.22. The molecule has 0 saturated carbocycles. The predicted molar refractivity (Wildman–Crippen MR) is 114 cm³/mol. The van der Waals surface area contributed by atoms with Crippen molar-refractivity contribution in [3.05, 3.63) is 76.1 Å². The van der Waals surface area contributed by atoms with Crippen molar-refractivity contribution < 1.29 is 13.6 Å². The van der Waals surface area contributed by atoms with E-state index in [-0.39, 0.29) is 23.1 Å². The Morgan fingerprint density at radius 3 is 2.70 bits per heavy atom. The van der Waals surface area contributed by atoms with E-state index in [4.69, 9.17) is 11.6 Å². The first-order valence-electron chi connectivity index (χ1n) is 9.16. The highest BCUT2D eigenvalue weighted by Crippen LogP contribution is 2.32. The number of nitrogens with zero attached hydrogens (tertiary/aromatic N) is 4. The lowest BCUT2D eigenvalue weighted by Gasteiger charge is -2.20. The van der Waals surface area contributed by atoms with E-state index in [1.807, 2.05) is 19.9 Å². The molecule has 0 atom stereocenters. The van der Waals surface area contributed by atoms with Crippen molar-refractivity contribution in [2.24, 2.45) is 0 Å². The van der Waals surface area contributed by atoms with Crippen LogP contribution in [-0.4, -0.2) is 27.2 Å². The van der Waals surface area contributed by atoms with Gasteiger partial charge in [0.2, 0.25) is 0 Å². The Kier molecular flexibility index (Phi) is 5.53. The van der Waals surface area contributed by atoms with Crippen molar-refractivity contribution in [3.8, 4) is 0 Å². The summed E-state index contributed by atoms with van der Waals surface area (Å²) >= 11 is 7.11. The Labute approximate surface area is 180 Å². The molecule has 30 heavy (non-hydrogen) atoms. The van der Waals surface area contributed by atoms with Crippen LogP contribution in [0.25, 0.3) is 10.2 Å². The number of hydrogen-bond donors (Lipinski definition) is 0. The number of carbonyl (C=O) groups excluding carboxylic acids is 1. The largest absolute Gasteiger partial charge is 0.282 e. The number of benzene rings is 2. The molecule has 5 nitrogen and oxygen atoms in total. The van der Waals surface area contributed by atoms with E-state index < -0.39 is 11.6 Å². The van der Waals surface area contributed by atoms with Gasteiger partial charge in [-0.05, 0) is 44.2 Å². The van der Waals surface area contributed by atoms with Crippen LogP contribution in [0.3, 0.4) is 0 Å². The molecule has 9 heteroatoms. The maximum Gasteiger partial charge on any atom is 0.260 e. The molecule has 0 aliphatic rings. The highest BCUT2D eigenvalue weighted by Gasteiger charge is 2.23. The molecule has 0 aliphatic heterocycles. The monoisotopic (exact) mass is 446 g/mol. The fourth-order valence-corrected chi connectivity index (χ4v) is 4.44. The van der Waals surface area contributed by atoms with Gasteiger partial charge < -0.3 is 0 Å². The number of carbonyl (C=O) groups is 1. The Bertz CT molecular complexity index is 1250. The predicted octanol–water partition coefficient (Wildman–Crippen LogP) is 5.39. The van der Waals surface area contributed by atoms with E-state index in [9.17, 15) is 13.6 Å². The molecule has 0 unspecified atom stereocenters. The molecule has 0 fully saturated rings. The number of hydrogen-bond acceptors (Lipinski definition) is 4. The van der Waals surface area contributed by atoms with E-state index in [0.29, 0.717) is 21.8 Å². The van der Waals surface area contributed by atoms with Crippen LogP contribution in [0.4, 0.5) is 13.9 Å². The third-order valence-corrected chi connectivity index (χ3v) is 5.85. The zero-order valence-electron chi connectivity index (χ0n) is 16.2. The van der Waals surface area contributed by atoms with Crippen molar-refractivity contribution in [2.75, 3.05) is 11.4 Å². The van der Waals surface area contributed by atoms with Crippen molar-refractivity contribution in [1.82, 2.24) is 14.8 Å². The van der Waals surface area contributed by atoms with Gasteiger partial charge in [0.15, 0.2) is 10.9 Å². The smallest absolute Gasteiger partial charge is 0.260 e. The van der Waals surface area contributed by atoms with Crippen LogP contribution >= 0.6 is 22.9 Å². The fraction of sp³-hybridized carbons (Fsp3) is 0.190. The molecule has 0 N–H and O–H groups in total. The zero-order valence-corrected chi connectivity index (χ0v) is 17.8. The van der Waals surface area contributed by atoms with Gasteiger partial charge in [0.25, 0.3) is 5.91 Å². The SMILES string of the molecule is Cc1cc(C)n(CCN(C(=O)c2cccc(Cl)c2)c2nc3c(F)cc(F)cc3s2)n1. The summed E-state index contributed by atoms with van der Waals surface area (Å²) in [6.45, 7) is 4.48. The van der Waals surface area contributed by atoms with Crippen LogP contribution in [0.5, 0.6) is 0 Å². The molecule has 0 radical (unpaired) electrons. The Morgan fingerprint density at radius 1 is 1.20 bits per heavy atom. The number of rotatable bonds is 5. The van der Waals surface area contributed by atoms with Gasteiger partial charge in [-0.25, -0.2) is 13.8 Å². The molecule has 4 rings (SSSR count). The quantitative estimate of drug-likeness (QED) is 0.413. The standard InChI is InChI=1S/C21H17ClF2N4OS/c1-12-8-13(2)28(26-12)7-6-27(20(29)14-4-3-5-15(22)9-14)21-25-19-17(24)10-16(23)11-18(19)30-21/h3-5,8-11H,6-7H2,1-2H3. The lowest BCUT2D eigenvalue weighted by molar-refractivity contribution is 0.0985. The number of aromatic nitrogens is 3. The lowest BCUT2D eigenvalue weighted by atomic mass is 10.2. The highest BCUT2D eigenvalue weighted by atomic mass is 35.5. The van der Waals surface area contributed by atoms with Crippen LogP contribution in [0, 0.1) is 25.5 Å². The van der Waals surface area contributed by atoms with Crippen molar-refractivity contribution >= 4 is 44.2 Å². The van der Waals surface area contributed by atoms with Gasteiger partial charge in [-0.1, -0.05) is 29.0 Å². The summed E-state index contributed by atoms with van der Waals surface area (Å²) in [5.74, 6) is -1.79. The molecule has 0 bridgehead atoms. The number of halogens is 3. The number of aryl methyl sites for hydroxylation is 2. The Morgan fingerprint density at radius 2 is 2.00 bits per heavy atom. The topological polar surface area (TPSA) is 51.0 Å². The van der Waals surface area contributed by atoms with Gasteiger partial charge in [0, 0.05) is 28.9 Å². The molecule has 0 saturated heterocycles. The van der Waals surface area contributed by atoms with Crippen LogP contribution in [0.15, 0.2) is 42.5 Å². The third kappa shape index (κ3) is 4.06. The van der Waals surface area contributed by atoms with Crippen molar-refractivity contribution in [2.45, 2.75) is 20.4 Å². The van der Waals surface area contributed by atoms with Gasteiger partial charge in [-0.3, -0.25) is 14.4 Å². The molecule has 0 aliphatic carbocycles. The van der Waals surface area contributed by atoms with Gasteiger partial charge in [-0.2, -0.15) is 5.10 Å². The van der Waals surface area contributed by atoms with Gasteiger partial charge >= 0.3 is 0 Å². The summed E-state index contributed by atoms with van der Waals surface area (Å²) in [4.78, 5) is 19.0. The molecular formula is C21H17ClF2N4OS. The lowest BCUT2D eigenvalue weighted by Crippen LogP contribution is -2.34. The average molecular weight is 447 g/mol. The first-order chi connectivity index (χ1) is 14.3. The Balaban J connectivity index is 1.73. The average Bonchev–Trinajstić information content (AvgIpc) is 3.24. The molecule has 0 spiro atoms. The Hall–Kier alpha value is -2.84. The molecule has 2 aromatic heterocycles. The van der Waals surface area contributed by atoms with Crippen LogP contribution in [0.1, 0.15) is 21.7 Å².